The normalized spacial score (nSPS) is 11.1. The summed E-state index contributed by atoms with van der Waals surface area (Å²) in [6.45, 7) is 3.45. The molecule has 1 aromatic carbocycles. The third kappa shape index (κ3) is 15.1. The summed E-state index contributed by atoms with van der Waals surface area (Å²) in [7, 11) is 0. The summed E-state index contributed by atoms with van der Waals surface area (Å²) >= 11 is 0. The van der Waals surface area contributed by atoms with Crippen LogP contribution >= 0.6 is 0 Å². The summed E-state index contributed by atoms with van der Waals surface area (Å²) in [5.41, 5.74) is 1.37. The van der Waals surface area contributed by atoms with E-state index in [-0.39, 0.29) is 24.0 Å². The Bertz CT molecular complexity index is 678. The van der Waals surface area contributed by atoms with E-state index in [9.17, 15) is 0 Å². The van der Waals surface area contributed by atoms with Crippen molar-refractivity contribution in [3.05, 3.63) is 42.6 Å². The average Bonchev–Trinajstić information content (AvgIpc) is 2.83. The van der Waals surface area contributed by atoms with E-state index in [1.165, 1.54) is 139 Å². The second-order valence-corrected chi connectivity index (χ2v) is 9.98. The summed E-state index contributed by atoms with van der Waals surface area (Å²) in [6, 6.07) is 13.1. The summed E-state index contributed by atoms with van der Waals surface area (Å²) in [6.07, 6.45) is 31.1. The van der Waals surface area contributed by atoms with Gasteiger partial charge in [-0.05, 0) is 18.6 Å². The first-order valence-corrected chi connectivity index (χ1v) is 14.3. The number of fused-ring (bicyclic) bond motifs is 1. The molecule has 0 aliphatic rings. The lowest BCUT2D eigenvalue weighted by atomic mass is 10.0. The van der Waals surface area contributed by atoms with Crippen LogP contribution < -0.4 is 28.5 Å². The molecule has 1 heterocycles. The smallest absolute Gasteiger partial charge is 0.212 e. The number of para-hydroxylation sites is 1. The van der Waals surface area contributed by atoms with Crippen LogP contribution in [0.2, 0.25) is 0 Å². The van der Waals surface area contributed by atoms with Gasteiger partial charge in [0, 0.05) is 23.9 Å². The monoisotopic (exact) mass is 565 g/mol. The molecule has 2 heteroatoms. The molecule has 0 saturated carbocycles. The maximum atomic E-state index is 2.42. The molecule has 0 aliphatic carbocycles. The van der Waals surface area contributed by atoms with Gasteiger partial charge in [0.05, 0.1) is 0 Å². The standard InChI is InChI=1S/C31H52N.HI/c1-2-3-4-5-6-7-8-9-10-11-12-13-14-15-16-17-18-19-20-23-28-32-29-24-26-30-25-21-22-27-31(30)32;/h21-22,24-27,29H,2-20,23,28H2,1H3;1H/q+1;/p-1. The molecular weight excluding hydrogens is 513 g/mol. The van der Waals surface area contributed by atoms with E-state index in [4.69, 9.17) is 0 Å². The number of nitrogens with zero attached hydrogens (tertiary/aromatic N) is 1. The first-order valence-electron chi connectivity index (χ1n) is 14.3. The molecule has 2 rings (SSSR count). The van der Waals surface area contributed by atoms with Crippen molar-refractivity contribution >= 4 is 10.9 Å². The van der Waals surface area contributed by atoms with Gasteiger partial charge in [0.25, 0.3) is 0 Å². The van der Waals surface area contributed by atoms with Gasteiger partial charge < -0.3 is 24.0 Å². The number of halogens is 1. The van der Waals surface area contributed by atoms with Gasteiger partial charge in [-0.25, -0.2) is 0 Å². The molecule has 0 atom stereocenters. The SMILES string of the molecule is CCCCCCCCCCCCCCCCCCCCCC[n+]1cccc2ccccc21.[I-]. The Balaban J connectivity index is 0.00000544. The minimum Gasteiger partial charge on any atom is -1.00 e. The Morgan fingerprint density at radius 2 is 0.879 bits per heavy atom. The van der Waals surface area contributed by atoms with Gasteiger partial charge in [-0.15, -0.1) is 0 Å². The summed E-state index contributed by atoms with van der Waals surface area (Å²) < 4.78 is 2.42. The molecule has 0 amide bonds. The third-order valence-electron chi connectivity index (χ3n) is 7.04. The molecule has 0 spiro atoms. The minimum absolute atomic E-state index is 0. The van der Waals surface area contributed by atoms with E-state index < -0.39 is 0 Å². The van der Waals surface area contributed by atoms with Crippen molar-refractivity contribution in [2.45, 2.75) is 142 Å². The Hall–Kier alpha value is -0.640. The Morgan fingerprint density at radius 1 is 0.485 bits per heavy atom. The number of rotatable bonds is 21. The van der Waals surface area contributed by atoms with Crippen molar-refractivity contribution in [1.29, 1.82) is 0 Å². The van der Waals surface area contributed by atoms with Crippen LogP contribution in [0.25, 0.3) is 10.9 Å². The predicted molar refractivity (Wildman–Crippen MR) is 142 cm³/mol. The van der Waals surface area contributed by atoms with Crippen molar-refractivity contribution in [3.8, 4) is 0 Å². The van der Waals surface area contributed by atoms with E-state index in [2.05, 4.69) is 54.1 Å². The molecule has 1 aromatic heterocycles. The molecule has 188 valence electrons. The number of aromatic nitrogens is 1. The van der Waals surface area contributed by atoms with Gasteiger partial charge in [-0.3, -0.25) is 0 Å². The van der Waals surface area contributed by atoms with Gasteiger partial charge in [0.15, 0.2) is 6.20 Å². The lowest BCUT2D eigenvalue weighted by Crippen LogP contribution is -3.00. The highest BCUT2D eigenvalue weighted by Crippen LogP contribution is 2.15. The number of hydrogen-bond acceptors (Lipinski definition) is 0. The number of pyridine rings is 1. The predicted octanol–water partition coefficient (Wildman–Crippen LogP) is 6.95. The van der Waals surface area contributed by atoms with E-state index in [1.807, 2.05) is 0 Å². The largest absolute Gasteiger partial charge is 1.00 e. The number of aryl methyl sites for hydroxylation is 1. The maximum absolute atomic E-state index is 2.42. The summed E-state index contributed by atoms with van der Waals surface area (Å²) in [5.74, 6) is 0. The Morgan fingerprint density at radius 3 is 1.36 bits per heavy atom. The zero-order valence-electron chi connectivity index (χ0n) is 21.7. The maximum Gasteiger partial charge on any atom is 0.212 e. The number of unbranched alkanes of at least 4 members (excludes halogenated alkanes) is 19. The molecule has 0 saturated heterocycles. The van der Waals surface area contributed by atoms with Gasteiger partial charge in [0.1, 0.15) is 6.54 Å². The van der Waals surface area contributed by atoms with Crippen LogP contribution in [0.5, 0.6) is 0 Å². The van der Waals surface area contributed by atoms with Crippen LogP contribution in [0.4, 0.5) is 0 Å². The molecule has 0 unspecified atom stereocenters. The topological polar surface area (TPSA) is 3.88 Å². The molecule has 0 bridgehead atoms. The molecular formula is C31H52IN. The molecule has 0 aliphatic heterocycles. The minimum atomic E-state index is 0. The van der Waals surface area contributed by atoms with Crippen molar-refractivity contribution in [2.24, 2.45) is 0 Å². The average molecular weight is 566 g/mol. The molecule has 0 N–H and O–H groups in total. The zero-order chi connectivity index (χ0) is 22.5. The second-order valence-electron chi connectivity index (χ2n) is 9.98. The summed E-state index contributed by atoms with van der Waals surface area (Å²) in [5, 5.41) is 1.35. The van der Waals surface area contributed by atoms with Gasteiger partial charge in [-0.1, -0.05) is 135 Å². The van der Waals surface area contributed by atoms with Crippen molar-refractivity contribution in [1.82, 2.24) is 0 Å². The van der Waals surface area contributed by atoms with E-state index in [0.717, 1.165) is 6.54 Å². The highest BCUT2D eigenvalue weighted by Gasteiger charge is 2.06. The van der Waals surface area contributed by atoms with Crippen molar-refractivity contribution in [2.75, 3.05) is 0 Å². The fraction of sp³-hybridized carbons (Fsp3) is 0.710. The fourth-order valence-corrected chi connectivity index (χ4v) is 4.95. The highest BCUT2D eigenvalue weighted by atomic mass is 127. The van der Waals surface area contributed by atoms with Crippen LogP contribution in [0, 0.1) is 0 Å². The first-order chi connectivity index (χ1) is 15.9. The number of benzene rings is 1. The van der Waals surface area contributed by atoms with Crippen molar-refractivity contribution < 1.29 is 28.5 Å². The zero-order valence-corrected chi connectivity index (χ0v) is 23.9. The third-order valence-corrected chi connectivity index (χ3v) is 7.04. The van der Waals surface area contributed by atoms with Crippen LogP contribution in [0.3, 0.4) is 0 Å². The van der Waals surface area contributed by atoms with Crippen molar-refractivity contribution in [3.63, 3.8) is 0 Å². The fourth-order valence-electron chi connectivity index (χ4n) is 4.95. The van der Waals surface area contributed by atoms with Gasteiger partial charge in [-0.2, -0.15) is 4.57 Å². The molecule has 1 nitrogen and oxygen atoms in total. The van der Waals surface area contributed by atoms with E-state index in [0.29, 0.717) is 0 Å². The highest BCUT2D eigenvalue weighted by molar-refractivity contribution is 5.74. The molecule has 2 aromatic rings. The molecule has 33 heavy (non-hydrogen) atoms. The van der Waals surface area contributed by atoms with Crippen LogP contribution in [0.1, 0.15) is 135 Å². The lowest BCUT2D eigenvalue weighted by Gasteiger charge is -2.04. The van der Waals surface area contributed by atoms with Gasteiger partial charge >= 0.3 is 0 Å². The van der Waals surface area contributed by atoms with Crippen LogP contribution in [-0.2, 0) is 6.54 Å². The van der Waals surface area contributed by atoms with E-state index in [1.54, 1.807) is 0 Å². The number of hydrogen-bond donors (Lipinski definition) is 0. The van der Waals surface area contributed by atoms with Crippen LogP contribution in [0.15, 0.2) is 42.6 Å². The van der Waals surface area contributed by atoms with Crippen LogP contribution in [-0.4, -0.2) is 0 Å². The Kier molecular flexibility index (Phi) is 20.1. The Labute approximate surface area is 223 Å². The molecule has 0 radical (unpaired) electrons. The quantitative estimate of drug-likeness (QED) is 0.0876. The summed E-state index contributed by atoms with van der Waals surface area (Å²) in [4.78, 5) is 0. The first kappa shape index (κ1) is 30.4. The second kappa shape index (κ2) is 21.9. The van der Waals surface area contributed by atoms with E-state index >= 15 is 0 Å². The molecule has 0 fully saturated rings. The van der Waals surface area contributed by atoms with Gasteiger partial charge in [0.2, 0.25) is 5.52 Å². The lowest BCUT2D eigenvalue weighted by molar-refractivity contribution is -0.671.